The first-order valence-corrected chi connectivity index (χ1v) is 8.11. The molecule has 2 aliphatic rings. The first-order chi connectivity index (χ1) is 11.5. The zero-order valence-electron chi connectivity index (χ0n) is 14.0. The molecule has 130 valence electrons. The molecule has 3 atom stereocenters. The number of nitrogens with zero attached hydrogens (tertiary/aromatic N) is 4. The number of aromatic nitrogens is 4. The average Bonchev–Trinajstić information content (AvgIpc) is 3.16. The largest absolute Gasteiger partial charge is 0.382 e. The van der Waals surface area contributed by atoms with Crippen LogP contribution in [0.2, 0.25) is 0 Å². The van der Waals surface area contributed by atoms with Crippen molar-refractivity contribution < 1.29 is 14.2 Å². The Balaban J connectivity index is 1.80. The summed E-state index contributed by atoms with van der Waals surface area (Å²) in [5.74, 6) is -0.387. The Morgan fingerprint density at radius 1 is 1.38 bits per heavy atom. The van der Waals surface area contributed by atoms with Crippen molar-refractivity contribution in [2.75, 3.05) is 25.4 Å². The molecule has 0 aliphatic carbocycles. The summed E-state index contributed by atoms with van der Waals surface area (Å²) >= 11 is 0. The van der Waals surface area contributed by atoms with Crippen LogP contribution in [0.25, 0.3) is 11.2 Å². The smallest absolute Gasteiger partial charge is 0.203 e. The molecule has 0 spiro atoms. The van der Waals surface area contributed by atoms with Crippen molar-refractivity contribution in [1.29, 1.82) is 0 Å². The molecule has 9 heteroatoms. The van der Waals surface area contributed by atoms with Crippen molar-refractivity contribution in [3.05, 3.63) is 12.7 Å². The minimum absolute atomic E-state index is 0.122. The second-order valence-electron chi connectivity index (χ2n) is 6.59. The molecule has 4 heterocycles. The molecule has 24 heavy (non-hydrogen) atoms. The van der Waals surface area contributed by atoms with E-state index >= 15 is 0 Å². The van der Waals surface area contributed by atoms with E-state index in [1.807, 2.05) is 18.4 Å². The molecule has 0 unspecified atom stereocenters. The van der Waals surface area contributed by atoms with E-state index in [2.05, 4.69) is 27.2 Å². The number of hydrogen-bond acceptors (Lipinski definition) is 8. The van der Waals surface area contributed by atoms with Gasteiger partial charge in [-0.1, -0.05) is 6.92 Å². The number of nitrogen functional groups attached to an aromatic ring is 1. The van der Waals surface area contributed by atoms with Crippen LogP contribution in [0.3, 0.4) is 0 Å². The molecule has 0 aromatic carbocycles. The number of fused-ring (bicyclic) bond motifs is 2. The standard InChI is InChI=1S/C15H22N6O3/c1-4-17-5-9-11-15(6-22-9,24-14(2,3)23-11)21-8-20-10-12(16)18-7-19-13(10)21/h7-9,11,17H,4-6H2,1-3H3,(H2,16,18,19)/t9-,11-,15-/m1/s1. The van der Waals surface area contributed by atoms with Gasteiger partial charge in [-0.2, -0.15) is 0 Å². The van der Waals surface area contributed by atoms with Crippen molar-refractivity contribution >= 4 is 17.0 Å². The molecule has 2 fully saturated rings. The lowest BCUT2D eigenvalue weighted by atomic mass is 10.1. The molecule has 0 amide bonds. The molecule has 2 aliphatic heterocycles. The molecule has 4 rings (SSSR count). The van der Waals surface area contributed by atoms with Gasteiger partial charge in [-0.3, -0.25) is 4.57 Å². The number of anilines is 1. The fourth-order valence-electron chi connectivity index (χ4n) is 3.54. The highest BCUT2D eigenvalue weighted by atomic mass is 16.8. The van der Waals surface area contributed by atoms with Gasteiger partial charge in [0.25, 0.3) is 0 Å². The van der Waals surface area contributed by atoms with Gasteiger partial charge in [0, 0.05) is 6.54 Å². The zero-order chi connectivity index (χ0) is 16.9. The summed E-state index contributed by atoms with van der Waals surface area (Å²) in [7, 11) is 0. The minimum atomic E-state index is -0.820. The maximum atomic E-state index is 6.31. The molecule has 9 nitrogen and oxygen atoms in total. The summed E-state index contributed by atoms with van der Waals surface area (Å²) in [5, 5.41) is 3.31. The summed E-state index contributed by atoms with van der Waals surface area (Å²) in [6.45, 7) is 7.77. The van der Waals surface area contributed by atoms with Gasteiger partial charge in [-0.05, 0) is 20.4 Å². The number of likely N-dealkylation sites (N-methyl/N-ethyl adjacent to an activating group) is 1. The van der Waals surface area contributed by atoms with E-state index in [1.54, 1.807) is 6.33 Å². The topological polar surface area (TPSA) is 109 Å². The molecule has 2 aromatic heterocycles. The number of imidazole rings is 1. The van der Waals surface area contributed by atoms with Gasteiger partial charge >= 0.3 is 0 Å². The third kappa shape index (κ3) is 2.20. The Morgan fingerprint density at radius 2 is 2.21 bits per heavy atom. The molecule has 3 N–H and O–H groups in total. The van der Waals surface area contributed by atoms with E-state index in [-0.39, 0.29) is 12.2 Å². The molecular weight excluding hydrogens is 312 g/mol. The molecule has 0 bridgehead atoms. The average molecular weight is 334 g/mol. The van der Waals surface area contributed by atoms with Gasteiger partial charge in [-0.25, -0.2) is 15.0 Å². The van der Waals surface area contributed by atoms with Crippen LogP contribution in [0, 0.1) is 0 Å². The zero-order valence-corrected chi connectivity index (χ0v) is 14.0. The normalized spacial score (nSPS) is 31.6. The number of nitrogens with two attached hydrogens (primary N) is 1. The lowest BCUT2D eigenvalue weighted by Gasteiger charge is -2.28. The van der Waals surface area contributed by atoms with Crippen molar-refractivity contribution in [2.45, 2.75) is 44.5 Å². The third-order valence-electron chi connectivity index (χ3n) is 4.48. The number of ether oxygens (including phenoxy) is 3. The monoisotopic (exact) mass is 334 g/mol. The first kappa shape index (κ1) is 15.7. The molecule has 0 radical (unpaired) electrons. The third-order valence-corrected chi connectivity index (χ3v) is 4.48. The van der Waals surface area contributed by atoms with Crippen LogP contribution in [-0.4, -0.2) is 57.2 Å². The highest BCUT2D eigenvalue weighted by Crippen LogP contribution is 2.47. The number of nitrogens with one attached hydrogen (secondary N) is 1. The SMILES string of the molecule is CCNC[C@H]1OC[C@@]2(n3cnc4c(N)ncnc43)OC(C)(C)O[C@H]12. The van der Waals surface area contributed by atoms with Crippen LogP contribution < -0.4 is 11.1 Å². The van der Waals surface area contributed by atoms with Crippen molar-refractivity contribution in [3.63, 3.8) is 0 Å². The van der Waals surface area contributed by atoms with E-state index in [0.717, 1.165) is 6.54 Å². The first-order valence-electron chi connectivity index (χ1n) is 8.11. The van der Waals surface area contributed by atoms with Gasteiger partial charge in [0.15, 0.2) is 17.3 Å². The van der Waals surface area contributed by atoms with E-state index < -0.39 is 11.5 Å². The van der Waals surface area contributed by atoms with Gasteiger partial charge in [0.2, 0.25) is 5.72 Å². The summed E-state index contributed by atoms with van der Waals surface area (Å²) in [4.78, 5) is 12.7. The van der Waals surface area contributed by atoms with Gasteiger partial charge in [0.05, 0.1) is 12.9 Å². The second kappa shape index (κ2) is 5.35. The fraction of sp³-hybridized carbons (Fsp3) is 0.667. The summed E-state index contributed by atoms with van der Waals surface area (Å²) in [6, 6.07) is 0. The molecule has 2 aromatic rings. The lowest BCUT2D eigenvalue weighted by Crippen LogP contribution is -2.46. The summed E-state index contributed by atoms with van der Waals surface area (Å²) in [6.07, 6.45) is 2.70. The van der Waals surface area contributed by atoms with Crippen LogP contribution in [0.1, 0.15) is 20.8 Å². The highest BCUT2D eigenvalue weighted by Gasteiger charge is 2.62. The van der Waals surface area contributed by atoms with Gasteiger partial charge < -0.3 is 25.3 Å². The van der Waals surface area contributed by atoms with Crippen molar-refractivity contribution in [2.24, 2.45) is 0 Å². The van der Waals surface area contributed by atoms with E-state index in [0.29, 0.717) is 30.1 Å². The number of rotatable bonds is 4. The second-order valence-corrected chi connectivity index (χ2v) is 6.59. The van der Waals surface area contributed by atoms with Crippen LogP contribution in [0.5, 0.6) is 0 Å². The Labute approximate surface area is 139 Å². The Hall–Kier alpha value is -1.81. The van der Waals surface area contributed by atoms with Gasteiger partial charge in [0.1, 0.15) is 24.1 Å². The van der Waals surface area contributed by atoms with Crippen molar-refractivity contribution in [1.82, 2.24) is 24.8 Å². The summed E-state index contributed by atoms with van der Waals surface area (Å²) < 4.78 is 20.3. The predicted octanol–water partition coefficient (Wildman–Crippen LogP) is 0.221. The minimum Gasteiger partial charge on any atom is -0.382 e. The van der Waals surface area contributed by atoms with Gasteiger partial charge in [-0.15, -0.1) is 0 Å². The van der Waals surface area contributed by atoms with Crippen molar-refractivity contribution in [3.8, 4) is 0 Å². The molecular formula is C15H22N6O3. The van der Waals surface area contributed by atoms with Crippen LogP contribution in [0.4, 0.5) is 5.82 Å². The maximum Gasteiger partial charge on any atom is 0.203 e. The predicted molar refractivity (Wildman–Crippen MR) is 86.0 cm³/mol. The van der Waals surface area contributed by atoms with E-state index in [1.165, 1.54) is 6.33 Å². The Morgan fingerprint density at radius 3 is 3.00 bits per heavy atom. The van der Waals surface area contributed by atoms with Crippen LogP contribution in [0.15, 0.2) is 12.7 Å². The number of hydrogen-bond donors (Lipinski definition) is 2. The Bertz CT molecular complexity index is 763. The van der Waals surface area contributed by atoms with Crippen LogP contribution >= 0.6 is 0 Å². The van der Waals surface area contributed by atoms with Crippen LogP contribution in [-0.2, 0) is 19.9 Å². The molecule has 0 saturated carbocycles. The van der Waals surface area contributed by atoms with E-state index in [4.69, 9.17) is 19.9 Å². The maximum absolute atomic E-state index is 6.31. The lowest BCUT2D eigenvalue weighted by molar-refractivity contribution is -0.204. The molecule has 2 saturated heterocycles. The summed E-state index contributed by atoms with van der Waals surface area (Å²) in [5.41, 5.74) is 6.25. The fourth-order valence-corrected chi connectivity index (χ4v) is 3.54. The van der Waals surface area contributed by atoms with E-state index in [9.17, 15) is 0 Å². The Kier molecular flexibility index (Phi) is 3.50. The quantitative estimate of drug-likeness (QED) is 0.817. The highest BCUT2D eigenvalue weighted by molar-refractivity contribution is 5.81.